The fraction of sp³-hybridized carbons (Fsp3) is 0.400. The zero-order valence-corrected chi connectivity index (χ0v) is 15.4. The molecule has 0 amide bonds. The number of halogens is 1. The molecule has 2 aliphatic rings. The summed E-state index contributed by atoms with van der Waals surface area (Å²) in [5.41, 5.74) is 2.12. The normalized spacial score (nSPS) is 21.1. The molecule has 0 N–H and O–H groups in total. The number of piperazine rings is 1. The number of nitrogens with zero attached hydrogens (tertiary/aromatic N) is 4. The maximum Gasteiger partial charge on any atom is 0.141 e. The highest BCUT2D eigenvalue weighted by molar-refractivity contribution is 7.17. The van der Waals surface area contributed by atoms with Crippen LogP contribution in [0.3, 0.4) is 0 Å². The van der Waals surface area contributed by atoms with E-state index in [0.29, 0.717) is 6.04 Å². The summed E-state index contributed by atoms with van der Waals surface area (Å²) in [4.78, 5) is 15.2. The van der Waals surface area contributed by atoms with Gasteiger partial charge in [0.05, 0.1) is 5.39 Å². The first-order chi connectivity index (χ1) is 12.8. The minimum atomic E-state index is -0.210. The van der Waals surface area contributed by atoms with E-state index in [4.69, 9.17) is 0 Å². The molecule has 1 atom stereocenters. The molecule has 0 bridgehead atoms. The molecule has 26 heavy (non-hydrogen) atoms. The molecule has 0 aliphatic carbocycles. The fourth-order valence-electron chi connectivity index (χ4n) is 4.29. The summed E-state index contributed by atoms with van der Waals surface area (Å²) in [5.74, 6) is 0.818. The van der Waals surface area contributed by atoms with Gasteiger partial charge in [0.25, 0.3) is 0 Å². The lowest BCUT2D eigenvalue weighted by atomic mass is 9.99. The Morgan fingerprint density at radius 3 is 2.81 bits per heavy atom. The number of rotatable bonds is 2. The van der Waals surface area contributed by atoms with Crippen molar-refractivity contribution in [1.29, 1.82) is 0 Å². The molecule has 4 heterocycles. The van der Waals surface area contributed by atoms with Crippen LogP contribution < -0.4 is 4.90 Å². The van der Waals surface area contributed by atoms with Crippen LogP contribution in [-0.2, 0) is 0 Å². The largest absolute Gasteiger partial charge is 0.353 e. The molecule has 0 saturated carbocycles. The van der Waals surface area contributed by atoms with Gasteiger partial charge in [-0.15, -0.1) is 11.3 Å². The number of anilines is 1. The molecule has 2 saturated heterocycles. The lowest BCUT2D eigenvalue weighted by molar-refractivity contribution is 0.133. The molecule has 4 nitrogen and oxygen atoms in total. The van der Waals surface area contributed by atoms with Crippen LogP contribution in [0.1, 0.15) is 19.3 Å². The molecule has 3 aromatic rings. The molecule has 5 rings (SSSR count). The molecule has 2 aromatic heterocycles. The molecule has 0 spiro atoms. The summed E-state index contributed by atoms with van der Waals surface area (Å²) in [5, 5.41) is 3.22. The number of benzene rings is 1. The Hall–Kier alpha value is -2.05. The summed E-state index contributed by atoms with van der Waals surface area (Å²) in [6.45, 7) is 4.37. The van der Waals surface area contributed by atoms with Gasteiger partial charge in [-0.2, -0.15) is 0 Å². The Bertz CT molecular complexity index is 923. The Balaban J connectivity index is 1.55. The summed E-state index contributed by atoms with van der Waals surface area (Å²) in [6.07, 6.45) is 5.61. The van der Waals surface area contributed by atoms with Crippen LogP contribution in [0.15, 0.2) is 36.0 Å². The van der Waals surface area contributed by atoms with Crippen molar-refractivity contribution >= 4 is 27.4 Å². The smallest absolute Gasteiger partial charge is 0.141 e. The SMILES string of the molecule is Fc1ccc(-c2csc3ncnc(N4CCN5CCCCC5C4)c23)cc1. The van der Waals surface area contributed by atoms with E-state index in [2.05, 4.69) is 25.1 Å². The van der Waals surface area contributed by atoms with Gasteiger partial charge in [0.1, 0.15) is 22.8 Å². The van der Waals surface area contributed by atoms with Gasteiger partial charge in [-0.05, 0) is 37.1 Å². The lowest BCUT2D eigenvalue weighted by Gasteiger charge is -2.44. The van der Waals surface area contributed by atoms with Crippen LogP contribution in [0.25, 0.3) is 21.3 Å². The number of piperidine rings is 1. The molecular formula is C20H21FN4S. The maximum absolute atomic E-state index is 13.3. The molecule has 1 unspecified atom stereocenters. The third-order valence-electron chi connectivity index (χ3n) is 5.64. The summed E-state index contributed by atoms with van der Waals surface area (Å²) in [6, 6.07) is 7.35. The van der Waals surface area contributed by atoms with E-state index in [1.807, 2.05) is 12.1 Å². The van der Waals surface area contributed by atoms with E-state index < -0.39 is 0 Å². The van der Waals surface area contributed by atoms with Gasteiger partial charge in [0, 0.05) is 36.6 Å². The van der Waals surface area contributed by atoms with Gasteiger partial charge in [-0.25, -0.2) is 14.4 Å². The molecular weight excluding hydrogens is 347 g/mol. The zero-order valence-electron chi connectivity index (χ0n) is 14.6. The summed E-state index contributed by atoms with van der Waals surface area (Å²) < 4.78 is 13.3. The first-order valence-electron chi connectivity index (χ1n) is 9.27. The average molecular weight is 368 g/mol. The van der Waals surface area contributed by atoms with Gasteiger partial charge in [-0.1, -0.05) is 18.6 Å². The number of thiophene rings is 1. The standard InChI is InChI=1S/C20H21FN4S/c21-15-6-4-14(5-7-15)17-12-26-20-18(17)19(22-13-23-20)25-10-9-24-8-2-1-3-16(24)11-25/h4-7,12-13,16H,1-3,8-11H2. The van der Waals surface area contributed by atoms with Gasteiger partial charge in [0.2, 0.25) is 0 Å². The quantitative estimate of drug-likeness (QED) is 0.679. The van der Waals surface area contributed by atoms with Crippen LogP contribution in [0.4, 0.5) is 10.2 Å². The number of aromatic nitrogens is 2. The number of hydrogen-bond acceptors (Lipinski definition) is 5. The fourth-order valence-corrected chi connectivity index (χ4v) is 5.20. The van der Waals surface area contributed by atoms with Crippen molar-refractivity contribution in [2.24, 2.45) is 0 Å². The van der Waals surface area contributed by atoms with E-state index in [1.165, 1.54) is 37.9 Å². The second-order valence-electron chi connectivity index (χ2n) is 7.17. The van der Waals surface area contributed by atoms with E-state index in [1.54, 1.807) is 17.7 Å². The Morgan fingerprint density at radius 1 is 1.04 bits per heavy atom. The minimum Gasteiger partial charge on any atom is -0.353 e. The molecule has 0 radical (unpaired) electrons. The van der Waals surface area contributed by atoms with E-state index >= 15 is 0 Å². The number of hydrogen-bond donors (Lipinski definition) is 0. The van der Waals surface area contributed by atoms with Gasteiger partial charge in [-0.3, -0.25) is 4.90 Å². The third kappa shape index (κ3) is 2.77. The van der Waals surface area contributed by atoms with Crippen LogP contribution in [0.2, 0.25) is 0 Å². The number of fused-ring (bicyclic) bond motifs is 2. The highest BCUT2D eigenvalue weighted by atomic mass is 32.1. The van der Waals surface area contributed by atoms with Crippen molar-refractivity contribution in [3.8, 4) is 11.1 Å². The maximum atomic E-state index is 13.3. The van der Waals surface area contributed by atoms with Gasteiger partial charge >= 0.3 is 0 Å². The van der Waals surface area contributed by atoms with Crippen molar-refractivity contribution in [3.05, 3.63) is 41.8 Å². The van der Waals surface area contributed by atoms with Crippen LogP contribution in [-0.4, -0.2) is 47.1 Å². The second-order valence-corrected chi connectivity index (χ2v) is 8.02. The summed E-state index contributed by atoms with van der Waals surface area (Å²) in [7, 11) is 0. The predicted octanol–water partition coefficient (Wildman–Crippen LogP) is 4.17. The van der Waals surface area contributed by atoms with Crippen LogP contribution in [0.5, 0.6) is 0 Å². The topological polar surface area (TPSA) is 32.3 Å². The minimum absolute atomic E-state index is 0.210. The van der Waals surface area contributed by atoms with E-state index in [-0.39, 0.29) is 5.82 Å². The van der Waals surface area contributed by atoms with Crippen LogP contribution in [0, 0.1) is 5.82 Å². The molecule has 134 valence electrons. The Morgan fingerprint density at radius 2 is 1.92 bits per heavy atom. The predicted molar refractivity (Wildman–Crippen MR) is 104 cm³/mol. The van der Waals surface area contributed by atoms with E-state index in [9.17, 15) is 4.39 Å². The monoisotopic (exact) mass is 368 g/mol. The molecule has 6 heteroatoms. The van der Waals surface area contributed by atoms with E-state index in [0.717, 1.165) is 46.8 Å². The highest BCUT2D eigenvalue weighted by Gasteiger charge is 2.30. The molecule has 2 fully saturated rings. The third-order valence-corrected chi connectivity index (χ3v) is 6.53. The average Bonchev–Trinajstić information content (AvgIpc) is 3.12. The molecule has 1 aromatic carbocycles. The Kier molecular flexibility index (Phi) is 4.10. The first-order valence-corrected chi connectivity index (χ1v) is 10.1. The summed E-state index contributed by atoms with van der Waals surface area (Å²) >= 11 is 1.63. The van der Waals surface area contributed by atoms with Crippen molar-refractivity contribution < 1.29 is 4.39 Å². The van der Waals surface area contributed by atoms with Crippen molar-refractivity contribution in [1.82, 2.24) is 14.9 Å². The van der Waals surface area contributed by atoms with Crippen molar-refractivity contribution in [2.45, 2.75) is 25.3 Å². The second kappa shape index (κ2) is 6.59. The van der Waals surface area contributed by atoms with Crippen molar-refractivity contribution in [2.75, 3.05) is 31.1 Å². The van der Waals surface area contributed by atoms with Gasteiger partial charge in [0.15, 0.2) is 0 Å². The first kappa shape index (κ1) is 16.1. The highest BCUT2D eigenvalue weighted by Crippen LogP contribution is 2.38. The van der Waals surface area contributed by atoms with Gasteiger partial charge < -0.3 is 4.90 Å². The van der Waals surface area contributed by atoms with Crippen molar-refractivity contribution in [3.63, 3.8) is 0 Å². The molecule has 2 aliphatic heterocycles. The lowest BCUT2D eigenvalue weighted by Crippen LogP contribution is -2.55. The van der Waals surface area contributed by atoms with Crippen LogP contribution >= 0.6 is 11.3 Å². The zero-order chi connectivity index (χ0) is 17.5. The Labute approximate surface area is 156 Å².